The molecule has 0 fully saturated rings. The molecule has 0 aliphatic carbocycles. The van der Waals surface area contributed by atoms with Crippen molar-refractivity contribution >= 4 is 21.6 Å². The van der Waals surface area contributed by atoms with E-state index in [-0.39, 0.29) is 0 Å². The third-order valence-corrected chi connectivity index (χ3v) is 4.62. The third kappa shape index (κ3) is 4.37. The van der Waals surface area contributed by atoms with Gasteiger partial charge in [0.1, 0.15) is 5.69 Å². The van der Waals surface area contributed by atoms with Crippen LogP contribution in [0.2, 0.25) is 0 Å². The third-order valence-electron chi connectivity index (χ3n) is 4.13. The summed E-state index contributed by atoms with van der Waals surface area (Å²) in [4.78, 5) is 4.31. The van der Waals surface area contributed by atoms with Gasteiger partial charge in [-0.1, -0.05) is 34.6 Å². The predicted molar refractivity (Wildman–Crippen MR) is 105 cm³/mol. The van der Waals surface area contributed by atoms with E-state index in [1.807, 2.05) is 22.9 Å². The normalized spacial score (nSPS) is 10.7. The molecule has 0 aliphatic heterocycles. The van der Waals surface area contributed by atoms with Gasteiger partial charge in [-0.15, -0.1) is 0 Å². The molecule has 0 amide bonds. The minimum atomic E-state index is 0.635. The van der Waals surface area contributed by atoms with Crippen molar-refractivity contribution in [2.45, 2.75) is 26.9 Å². The number of aryl methyl sites for hydroxylation is 2. The molecule has 0 radical (unpaired) electrons. The molecule has 1 N–H and O–H groups in total. The molecular formula is C20H21BrN4. The first-order chi connectivity index (χ1) is 12.0. The fraction of sp³-hybridized carbons (Fsp3) is 0.200. The van der Waals surface area contributed by atoms with Crippen molar-refractivity contribution in [3.8, 4) is 0 Å². The molecule has 3 rings (SSSR count). The van der Waals surface area contributed by atoms with Gasteiger partial charge in [0.25, 0.3) is 0 Å². The summed E-state index contributed by atoms with van der Waals surface area (Å²) in [6.07, 6.45) is 1.79. The van der Waals surface area contributed by atoms with Gasteiger partial charge in [0.2, 0.25) is 0 Å². The molecule has 128 valence electrons. The van der Waals surface area contributed by atoms with Gasteiger partial charge in [-0.2, -0.15) is 5.10 Å². The lowest BCUT2D eigenvalue weighted by Gasteiger charge is -2.09. The maximum Gasteiger partial charge on any atom is 0.108 e. The van der Waals surface area contributed by atoms with Crippen LogP contribution in [0, 0.1) is 13.8 Å². The summed E-state index contributed by atoms with van der Waals surface area (Å²) in [7, 11) is 0. The number of halogens is 1. The zero-order valence-electron chi connectivity index (χ0n) is 14.5. The maximum atomic E-state index is 4.71. The number of hydrogen-bond acceptors (Lipinski definition) is 3. The van der Waals surface area contributed by atoms with Crippen LogP contribution in [0.5, 0.6) is 0 Å². The van der Waals surface area contributed by atoms with Crippen LogP contribution in [0.15, 0.2) is 59.7 Å². The Morgan fingerprint density at radius 2 is 2.04 bits per heavy atom. The van der Waals surface area contributed by atoms with Gasteiger partial charge in [-0.3, -0.25) is 9.67 Å². The second-order valence-corrected chi connectivity index (χ2v) is 6.97. The molecular weight excluding hydrogens is 376 g/mol. The van der Waals surface area contributed by atoms with Gasteiger partial charge in [0.05, 0.1) is 24.5 Å². The average Bonchev–Trinajstić information content (AvgIpc) is 2.98. The fourth-order valence-corrected chi connectivity index (χ4v) is 2.99. The van der Waals surface area contributed by atoms with E-state index in [1.54, 1.807) is 6.20 Å². The lowest BCUT2D eigenvalue weighted by molar-refractivity contribution is 0.658. The Morgan fingerprint density at radius 3 is 2.80 bits per heavy atom. The molecule has 0 unspecified atom stereocenters. The lowest BCUT2D eigenvalue weighted by Crippen LogP contribution is -2.13. The average molecular weight is 397 g/mol. The first-order valence-electron chi connectivity index (χ1n) is 8.15. The van der Waals surface area contributed by atoms with Crippen LogP contribution in [0.4, 0.5) is 0 Å². The van der Waals surface area contributed by atoms with Crippen LogP contribution in [0.25, 0.3) is 5.70 Å². The Bertz CT molecular complexity index is 884. The van der Waals surface area contributed by atoms with Crippen LogP contribution in [-0.4, -0.2) is 14.8 Å². The van der Waals surface area contributed by atoms with Crippen LogP contribution < -0.4 is 5.32 Å². The van der Waals surface area contributed by atoms with Crippen molar-refractivity contribution in [3.63, 3.8) is 0 Å². The number of hydrogen-bond donors (Lipinski definition) is 1. The summed E-state index contributed by atoms with van der Waals surface area (Å²) in [5.41, 5.74) is 6.25. The minimum absolute atomic E-state index is 0.635. The summed E-state index contributed by atoms with van der Waals surface area (Å²) < 4.78 is 3.09. The molecule has 0 spiro atoms. The largest absolute Gasteiger partial charge is 0.378 e. The van der Waals surface area contributed by atoms with Gasteiger partial charge in [0, 0.05) is 16.4 Å². The Hall–Kier alpha value is -2.40. The summed E-state index contributed by atoms with van der Waals surface area (Å²) in [5, 5.41) is 8.01. The van der Waals surface area contributed by atoms with Crippen molar-refractivity contribution in [1.29, 1.82) is 0 Å². The van der Waals surface area contributed by atoms with Gasteiger partial charge in [-0.05, 0) is 55.3 Å². The summed E-state index contributed by atoms with van der Waals surface area (Å²) >= 11 is 3.54. The molecule has 0 aliphatic rings. The molecule has 3 aromatic rings. The first kappa shape index (κ1) is 17.4. The molecule has 2 heterocycles. The number of benzene rings is 1. The van der Waals surface area contributed by atoms with Crippen molar-refractivity contribution in [1.82, 2.24) is 20.1 Å². The predicted octanol–water partition coefficient (Wildman–Crippen LogP) is 4.47. The topological polar surface area (TPSA) is 42.7 Å². The zero-order valence-corrected chi connectivity index (χ0v) is 16.0. The molecule has 25 heavy (non-hydrogen) atoms. The van der Waals surface area contributed by atoms with Gasteiger partial charge in [0.15, 0.2) is 0 Å². The first-order valence-corrected chi connectivity index (χ1v) is 8.95. The van der Waals surface area contributed by atoms with E-state index in [9.17, 15) is 0 Å². The quantitative estimate of drug-likeness (QED) is 0.668. The maximum absolute atomic E-state index is 4.71. The molecule has 0 bridgehead atoms. The van der Waals surface area contributed by atoms with E-state index in [0.29, 0.717) is 6.54 Å². The highest BCUT2D eigenvalue weighted by Crippen LogP contribution is 2.19. The molecule has 2 aromatic heterocycles. The van der Waals surface area contributed by atoms with Crippen molar-refractivity contribution in [2.24, 2.45) is 0 Å². The summed E-state index contributed by atoms with van der Waals surface area (Å²) in [6.45, 7) is 9.67. The van der Waals surface area contributed by atoms with Gasteiger partial charge < -0.3 is 5.32 Å². The molecule has 0 atom stereocenters. The molecule has 0 saturated heterocycles. The molecule has 0 saturated carbocycles. The van der Waals surface area contributed by atoms with Gasteiger partial charge >= 0.3 is 0 Å². The second kappa shape index (κ2) is 7.66. The minimum Gasteiger partial charge on any atom is -0.378 e. The van der Waals surface area contributed by atoms with Crippen LogP contribution in [0.1, 0.15) is 28.2 Å². The number of nitrogens with zero attached hydrogens (tertiary/aromatic N) is 3. The number of pyridine rings is 1. The SMILES string of the molecule is C=C(NCc1ccccn1)c1cc(C)n(Cc2cc(Br)ccc2C)n1. The Balaban J connectivity index is 1.71. The van der Waals surface area contributed by atoms with Crippen LogP contribution in [0.3, 0.4) is 0 Å². The van der Waals surface area contributed by atoms with E-state index in [1.165, 1.54) is 11.1 Å². The van der Waals surface area contributed by atoms with E-state index in [0.717, 1.165) is 33.8 Å². The smallest absolute Gasteiger partial charge is 0.108 e. The van der Waals surface area contributed by atoms with Gasteiger partial charge in [-0.25, -0.2) is 0 Å². The molecule has 5 heteroatoms. The van der Waals surface area contributed by atoms with Crippen molar-refractivity contribution in [2.75, 3.05) is 0 Å². The molecule has 1 aromatic carbocycles. The Labute approximate surface area is 156 Å². The second-order valence-electron chi connectivity index (χ2n) is 6.05. The highest BCUT2D eigenvalue weighted by molar-refractivity contribution is 9.10. The Kier molecular flexibility index (Phi) is 5.34. The number of rotatable bonds is 6. The van der Waals surface area contributed by atoms with Crippen LogP contribution >= 0.6 is 15.9 Å². The highest BCUT2D eigenvalue weighted by atomic mass is 79.9. The monoisotopic (exact) mass is 396 g/mol. The van der Waals surface area contributed by atoms with Crippen LogP contribution in [-0.2, 0) is 13.1 Å². The van der Waals surface area contributed by atoms with Crippen molar-refractivity contribution < 1.29 is 0 Å². The Morgan fingerprint density at radius 1 is 1.20 bits per heavy atom. The van der Waals surface area contributed by atoms with E-state index < -0.39 is 0 Å². The number of nitrogens with one attached hydrogen (secondary N) is 1. The van der Waals surface area contributed by atoms with Crippen molar-refractivity contribution in [3.05, 3.63) is 87.9 Å². The lowest BCUT2D eigenvalue weighted by atomic mass is 10.1. The summed E-state index contributed by atoms with van der Waals surface area (Å²) in [5.74, 6) is 0. The molecule has 4 nitrogen and oxygen atoms in total. The number of aromatic nitrogens is 3. The fourth-order valence-electron chi connectivity index (χ4n) is 2.58. The van der Waals surface area contributed by atoms with E-state index in [4.69, 9.17) is 5.10 Å². The summed E-state index contributed by atoms with van der Waals surface area (Å²) in [6, 6.07) is 14.3. The highest BCUT2D eigenvalue weighted by Gasteiger charge is 2.09. The zero-order chi connectivity index (χ0) is 17.8. The van der Waals surface area contributed by atoms with E-state index >= 15 is 0 Å². The standard InChI is InChI=1S/C20H21BrN4/c1-14-7-8-18(21)11-17(14)13-25-15(2)10-20(24-25)16(3)23-12-19-6-4-5-9-22-19/h4-11,23H,3,12-13H2,1-2H3. The van der Waals surface area contributed by atoms with E-state index in [2.05, 4.69) is 70.9 Å².